The van der Waals surface area contributed by atoms with Gasteiger partial charge in [-0.1, -0.05) is 12.1 Å². The van der Waals surface area contributed by atoms with Gasteiger partial charge in [0.15, 0.2) is 29.1 Å². The number of carbonyl (C=O) groups is 2. The molecule has 0 fully saturated rings. The lowest BCUT2D eigenvalue weighted by atomic mass is 9.73. The Morgan fingerprint density at radius 2 is 1.73 bits per heavy atom. The molecule has 0 radical (unpaired) electrons. The maximum atomic E-state index is 12.8. The molecule has 3 aliphatic heterocycles. The number of fused-ring (bicyclic) bond motifs is 4. The van der Waals surface area contributed by atoms with Gasteiger partial charge in [-0.2, -0.15) is 0 Å². The number of esters is 2. The normalized spacial score (nSPS) is 22.5. The first-order chi connectivity index (χ1) is 14.6. The zero-order valence-electron chi connectivity index (χ0n) is 15.9. The second kappa shape index (κ2) is 6.16. The van der Waals surface area contributed by atoms with Crippen LogP contribution in [0.2, 0.25) is 0 Å². The van der Waals surface area contributed by atoms with E-state index in [1.165, 1.54) is 6.92 Å². The predicted molar refractivity (Wildman–Crippen MR) is 99.5 cm³/mol. The second-order valence-corrected chi connectivity index (χ2v) is 7.35. The summed E-state index contributed by atoms with van der Waals surface area (Å²) in [6.45, 7) is 1.64. The van der Waals surface area contributed by atoms with Crippen LogP contribution in [0, 0.1) is 0 Å². The van der Waals surface area contributed by atoms with Crippen molar-refractivity contribution in [1.29, 1.82) is 0 Å². The molecule has 0 amide bonds. The van der Waals surface area contributed by atoms with Gasteiger partial charge >= 0.3 is 11.9 Å². The van der Waals surface area contributed by atoms with E-state index in [9.17, 15) is 9.59 Å². The maximum Gasteiger partial charge on any atom is 0.335 e. The molecule has 3 heterocycles. The third-order valence-electron chi connectivity index (χ3n) is 5.73. The van der Waals surface area contributed by atoms with E-state index in [0.717, 1.165) is 16.7 Å². The summed E-state index contributed by atoms with van der Waals surface area (Å²) in [6.07, 6.45) is -0.723. The van der Waals surface area contributed by atoms with E-state index >= 15 is 0 Å². The van der Waals surface area contributed by atoms with Crippen LogP contribution in [0.15, 0.2) is 41.5 Å². The zero-order chi connectivity index (χ0) is 20.4. The smallest absolute Gasteiger partial charge is 0.335 e. The van der Waals surface area contributed by atoms with Gasteiger partial charge < -0.3 is 28.4 Å². The first-order valence-electron chi connectivity index (χ1n) is 9.51. The van der Waals surface area contributed by atoms with E-state index in [4.69, 9.17) is 28.4 Å². The van der Waals surface area contributed by atoms with Crippen LogP contribution in [-0.4, -0.2) is 32.1 Å². The largest absolute Gasteiger partial charge is 0.458 e. The molecule has 0 saturated carbocycles. The Labute approximate surface area is 170 Å². The van der Waals surface area contributed by atoms with Crippen LogP contribution >= 0.6 is 0 Å². The molecule has 8 heteroatoms. The molecule has 2 aromatic carbocycles. The first kappa shape index (κ1) is 17.2. The molecule has 2 atom stereocenters. The fourth-order valence-electron chi connectivity index (χ4n) is 4.54. The highest BCUT2D eigenvalue weighted by Gasteiger charge is 2.47. The minimum absolute atomic E-state index is 0.0705. The number of hydrogen-bond acceptors (Lipinski definition) is 8. The van der Waals surface area contributed by atoms with Gasteiger partial charge in [0.25, 0.3) is 0 Å². The average Bonchev–Trinajstić information content (AvgIpc) is 3.46. The lowest BCUT2D eigenvalue weighted by Crippen LogP contribution is -2.24. The summed E-state index contributed by atoms with van der Waals surface area (Å²) < 4.78 is 33.3. The van der Waals surface area contributed by atoms with Crippen molar-refractivity contribution in [3.8, 4) is 23.0 Å². The van der Waals surface area contributed by atoms with Crippen molar-refractivity contribution in [2.45, 2.75) is 18.9 Å². The molecular formula is C22H16O8. The summed E-state index contributed by atoms with van der Waals surface area (Å²) in [4.78, 5) is 24.7. The van der Waals surface area contributed by atoms with Gasteiger partial charge in [-0.15, -0.1) is 0 Å². The number of cyclic esters (lactones) is 1. The highest BCUT2D eigenvalue weighted by atomic mass is 16.7. The molecule has 0 unspecified atom stereocenters. The molecule has 30 heavy (non-hydrogen) atoms. The summed E-state index contributed by atoms with van der Waals surface area (Å²) in [5.74, 6) is 1.00. The van der Waals surface area contributed by atoms with E-state index in [1.54, 1.807) is 6.07 Å². The van der Waals surface area contributed by atoms with Gasteiger partial charge in [0, 0.05) is 29.5 Å². The van der Waals surface area contributed by atoms with Gasteiger partial charge in [-0.05, 0) is 23.8 Å². The molecular weight excluding hydrogens is 392 g/mol. The Morgan fingerprint density at radius 1 is 0.967 bits per heavy atom. The van der Waals surface area contributed by atoms with Gasteiger partial charge in [0.05, 0.1) is 5.57 Å². The standard InChI is InChI=1S/C22H16O8/c1-10(23)30-20-12-3-5-15-21(29-9-27-15)18(12)17(19-13(20)7-25-22(19)24)11-2-4-14-16(6-11)28-8-26-14/h2-6,17,20H,7-9H2,1H3/t17-,20-/m1/s1. The minimum atomic E-state index is -0.723. The Balaban J connectivity index is 1.62. The van der Waals surface area contributed by atoms with E-state index in [1.807, 2.05) is 24.3 Å². The van der Waals surface area contributed by atoms with Crippen molar-refractivity contribution in [3.63, 3.8) is 0 Å². The van der Waals surface area contributed by atoms with Crippen LogP contribution in [0.3, 0.4) is 0 Å². The third kappa shape index (κ3) is 2.33. The summed E-state index contributed by atoms with van der Waals surface area (Å²) in [5, 5.41) is 0. The summed E-state index contributed by atoms with van der Waals surface area (Å²) in [6, 6.07) is 9.20. The van der Waals surface area contributed by atoms with Crippen molar-refractivity contribution in [2.24, 2.45) is 0 Å². The molecule has 0 aromatic heterocycles. The molecule has 6 rings (SSSR count). The minimum Gasteiger partial charge on any atom is -0.458 e. The lowest BCUT2D eigenvalue weighted by Gasteiger charge is -2.32. The number of rotatable bonds is 2. The summed E-state index contributed by atoms with van der Waals surface area (Å²) in [5.41, 5.74) is 3.39. The summed E-state index contributed by atoms with van der Waals surface area (Å²) in [7, 11) is 0. The van der Waals surface area contributed by atoms with Crippen molar-refractivity contribution in [2.75, 3.05) is 20.2 Å². The van der Waals surface area contributed by atoms with Gasteiger partial charge in [-0.3, -0.25) is 4.79 Å². The number of benzene rings is 2. The van der Waals surface area contributed by atoms with Crippen molar-refractivity contribution < 1.29 is 38.0 Å². The van der Waals surface area contributed by atoms with Crippen molar-refractivity contribution in [3.05, 3.63) is 58.2 Å². The van der Waals surface area contributed by atoms with Gasteiger partial charge in [-0.25, -0.2) is 4.79 Å². The van der Waals surface area contributed by atoms with E-state index in [0.29, 0.717) is 34.1 Å². The first-order valence-corrected chi connectivity index (χ1v) is 9.51. The summed E-state index contributed by atoms with van der Waals surface area (Å²) >= 11 is 0. The monoisotopic (exact) mass is 408 g/mol. The molecule has 4 aliphatic rings. The van der Waals surface area contributed by atoms with Crippen LogP contribution < -0.4 is 18.9 Å². The Morgan fingerprint density at radius 3 is 2.60 bits per heavy atom. The molecule has 2 aromatic rings. The third-order valence-corrected chi connectivity index (χ3v) is 5.73. The molecule has 8 nitrogen and oxygen atoms in total. The highest BCUT2D eigenvalue weighted by Crippen LogP contribution is 2.55. The van der Waals surface area contributed by atoms with Gasteiger partial charge in [0.1, 0.15) is 6.61 Å². The van der Waals surface area contributed by atoms with E-state index in [2.05, 4.69) is 0 Å². The quantitative estimate of drug-likeness (QED) is 0.701. The van der Waals surface area contributed by atoms with Crippen molar-refractivity contribution >= 4 is 11.9 Å². The van der Waals surface area contributed by atoms with Crippen LogP contribution in [0.4, 0.5) is 0 Å². The zero-order valence-corrected chi connectivity index (χ0v) is 15.9. The second-order valence-electron chi connectivity index (χ2n) is 7.35. The van der Waals surface area contributed by atoms with Crippen LogP contribution in [0.1, 0.15) is 35.6 Å². The van der Waals surface area contributed by atoms with Crippen molar-refractivity contribution in [1.82, 2.24) is 0 Å². The number of hydrogen-bond donors (Lipinski definition) is 0. The Bertz CT molecular complexity index is 1150. The Hall–Kier alpha value is -3.68. The van der Waals surface area contributed by atoms with E-state index < -0.39 is 24.0 Å². The Kier molecular flexibility index (Phi) is 3.53. The topological polar surface area (TPSA) is 89.5 Å². The fraction of sp³-hybridized carbons (Fsp3) is 0.273. The van der Waals surface area contributed by atoms with Crippen LogP contribution in [0.5, 0.6) is 23.0 Å². The molecule has 1 aliphatic carbocycles. The number of carbonyl (C=O) groups excluding carboxylic acids is 2. The number of ether oxygens (including phenoxy) is 6. The van der Waals surface area contributed by atoms with Crippen LogP contribution in [0.25, 0.3) is 0 Å². The molecule has 152 valence electrons. The molecule has 0 N–H and O–H groups in total. The lowest BCUT2D eigenvalue weighted by molar-refractivity contribution is -0.145. The fourth-order valence-corrected chi connectivity index (χ4v) is 4.54. The molecule has 0 spiro atoms. The maximum absolute atomic E-state index is 12.8. The predicted octanol–water partition coefficient (Wildman–Crippen LogP) is 2.75. The van der Waals surface area contributed by atoms with E-state index in [-0.39, 0.29) is 20.2 Å². The average molecular weight is 408 g/mol. The SMILES string of the molecule is CC(=O)O[C@H]1C2=C(C(=O)OC2)[C@H](c2ccc3c(c2)OCO3)c2c1ccc1c2OCO1. The molecule has 0 bridgehead atoms. The highest BCUT2D eigenvalue weighted by molar-refractivity contribution is 5.96. The van der Waals surface area contributed by atoms with Crippen LogP contribution in [-0.2, 0) is 19.1 Å². The van der Waals surface area contributed by atoms with Gasteiger partial charge in [0.2, 0.25) is 13.6 Å². The molecule has 0 saturated heterocycles.